The van der Waals surface area contributed by atoms with E-state index in [-0.39, 0.29) is 11.8 Å². The number of aromatic nitrogens is 4. The number of benzene rings is 1. The van der Waals surface area contributed by atoms with Crippen molar-refractivity contribution in [3.8, 4) is 11.4 Å². The van der Waals surface area contributed by atoms with E-state index in [1.807, 2.05) is 19.1 Å². The Morgan fingerprint density at radius 3 is 2.57 bits per heavy atom. The molecule has 2 N–H and O–H groups in total. The number of rotatable bonds is 6. The predicted octanol–water partition coefficient (Wildman–Crippen LogP) is 5.67. The van der Waals surface area contributed by atoms with Crippen LogP contribution in [0.2, 0.25) is 5.02 Å². The standard InChI is InChI=1S/C25H29ClN6O3/c1-15-20(28-24(33)17-9-5-4-6-10-17)13-14-21(27-15)22-23(32(3)31-30-22)29-25(34)35-16(2)18-11-7-8-12-19(18)26/h7-8,11-14,16-17H,4-6,9-10H2,1-3H3,(H,28,33)(H,29,34)/t16-/m0/s1. The Kier molecular flexibility index (Phi) is 7.65. The van der Waals surface area contributed by atoms with Crippen LogP contribution >= 0.6 is 11.6 Å². The number of hydrogen-bond donors (Lipinski definition) is 2. The van der Waals surface area contributed by atoms with Crippen molar-refractivity contribution in [3.05, 3.63) is 52.7 Å². The molecule has 2 heterocycles. The second-order valence-electron chi connectivity index (χ2n) is 8.76. The predicted molar refractivity (Wildman–Crippen MR) is 134 cm³/mol. The highest BCUT2D eigenvalue weighted by atomic mass is 35.5. The summed E-state index contributed by atoms with van der Waals surface area (Å²) < 4.78 is 6.95. The summed E-state index contributed by atoms with van der Waals surface area (Å²) in [7, 11) is 1.66. The van der Waals surface area contributed by atoms with Gasteiger partial charge in [-0.05, 0) is 44.9 Å². The van der Waals surface area contributed by atoms with Gasteiger partial charge in [0, 0.05) is 23.6 Å². The molecule has 0 radical (unpaired) electrons. The third kappa shape index (κ3) is 5.79. The Morgan fingerprint density at radius 1 is 1.11 bits per heavy atom. The highest BCUT2D eigenvalue weighted by Gasteiger charge is 2.23. The number of nitrogens with one attached hydrogen (secondary N) is 2. The fourth-order valence-electron chi connectivity index (χ4n) is 4.25. The van der Waals surface area contributed by atoms with Crippen LogP contribution in [0.5, 0.6) is 0 Å². The molecule has 10 heteroatoms. The van der Waals surface area contributed by atoms with Gasteiger partial charge in [0.1, 0.15) is 6.10 Å². The Bertz CT molecular complexity index is 1220. The van der Waals surface area contributed by atoms with E-state index in [1.54, 1.807) is 38.2 Å². The van der Waals surface area contributed by atoms with Gasteiger partial charge in [-0.25, -0.2) is 14.5 Å². The van der Waals surface area contributed by atoms with E-state index in [1.165, 1.54) is 11.1 Å². The van der Waals surface area contributed by atoms with Crippen LogP contribution in [0.4, 0.5) is 16.3 Å². The van der Waals surface area contributed by atoms with Gasteiger partial charge in [-0.15, -0.1) is 5.10 Å². The van der Waals surface area contributed by atoms with Crippen LogP contribution in [0.1, 0.15) is 56.4 Å². The number of aryl methyl sites for hydroxylation is 2. The molecule has 2 aromatic heterocycles. The Balaban J connectivity index is 1.46. The summed E-state index contributed by atoms with van der Waals surface area (Å²) in [5.41, 5.74) is 2.92. The molecule has 35 heavy (non-hydrogen) atoms. The maximum absolute atomic E-state index is 12.6. The number of pyridine rings is 1. The minimum atomic E-state index is -0.669. The highest BCUT2D eigenvalue weighted by molar-refractivity contribution is 6.31. The van der Waals surface area contributed by atoms with E-state index in [2.05, 4.69) is 25.9 Å². The minimum Gasteiger partial charge on any atom is -0.441 e. The summed E-state index contributed by atoms with van der Waals surface area (Å²) in [4.78, 5) is 29.9. The summed E-state index contributed by atoms with van der Waals surface area (Å²) in [5.74, 6) is 0.435. The molecular formula is C25H29ClN6O3. The van der Waals surface area contributed by atoms with E-state index >= 15 is 0 Å². The lowest BCUT2D eigenvalue weighted by Gasteiger charge is -2.21. The zero-order valence-electron chi connectivity index (χ0n) is 20.0. The monoisotopic (exact) mass is 496 g/mol. The normalized spacial score (nSPS) is 14.9. The molecule has 0 bridgehead atoms. The largest absolute Gasteiger partial charge is 0.441 e. The van der Waals surface area contributed by atoms with Gasteiger partial charge in [0.05, 0.1) is 17.1 Å². The van der Waals surface area contributed by atoms with E-state index in [0.29, 0.717) is 39.2 Å². The molecule has 184 valence electrons. The minimum absolute atomic E-state index is 0.0413. The van der Waals surface area contributed by atoms with Crippen LogP contribution in [-0.2, 0) is 16.6 Å². The zero-order valence-corrected chi connectivity index (χ0v) is 20.8. The van der Waals surface area contributed by atoms with Gasteiger partial charge >= 0.3 is 6.09 Å². The van der Waals surface area contributed by atoms with Crippen molar-refractivity contribution in [1.29, 1.82) is 0 Å². The number of carbonyl (C=O) groups excluding carboxylic acids is 2. The van der Waals surface area contributed by atoms with Gasteiger partial charge < -0.3 is 10.1 Å². The molecule has 2 amide bonds. The van der Waals surface area contributed by atoms with E-state index in [9.17, 15) is 9.59 Å². The van der Waals surface area contributed by atoms with E-state index in [4.69, 9.17) is 16.3 Å². The van der Waals surface area contributed by atoms with Gasteiger partial charge in [0.15, 0.2) is 11.5 Å². The average Bonchev–Trinajstić information content (AvgIpc) is 3.20. The Hall–Kier alpha value is -3.46. The SMILES string of the molecule is Cc1nc(-c2nnn(C)c2NC(=O)O[C@@H](C)c2ccccc2Cl)ccc1NC(=O)C1CCCCC1. The topological polar surface area (TPSA) is 111 Å². The maximum Gasteiger partial charge on any atom is 0.413 e. The molecule has 1 aromatic carbocycles. The molecule has 0 aliphatic heterocycles. The third-order valence-corrected chi connectivity index (χ3v) is 6.58. The van der Waals surface area contributed by atoms with Crippen LogP contribution < -0.4 is 10.6 Å². The number of nitrogens with zero attached hydrogens (tertiary/aromatic N) is 4. The molecule has 0 spiro atoms. The first-order valence-electron chi connectivity index (χ1n) is 11.7. The van der Waals surface area contributed by atoms with Crippen molar-refractivity contribution in [1.82, 2.24) is 20.0 Å². The second kappa shape index (κ2) is 10.9. The van der Waals surface area contributed by atoms with Crippen molar-refractivity contribution >= 4 is 35.1 Å². The fourth-order valence-corrected chi connectivity index (χ4v) is 4.54. The van der Waals surface area contributed by atoms with Gasteiger partial charge in [-0.2, -0.15) is 0 Å². The lowest BCUT2D eigenvalue weighted by atomic mass is 9.88. The summed E-state index contributed by atoms with van der Waals surface area (Å²) in [6.45, 7) is 3.57. The Labute approximate surface area is 209 Å². The molecule has 1 fully saturated rings. The lowest BCUT2D eigenvalue weighted by Crippen LogP contribution is -2.25. The van der Waals surface area contributed by atoms with Crippen LogP contribution in [0.25, 0.3) is 11.4 Å². The molecule has 1 saturated carbocycles. The molecular weight excluding hydrogens is 468 g/mol. The van der Waals surface area contributed by atoms with Gasteiger partial charge in [-0.3, -0.25) is 10.1 Å². The summed E-state index contributed by atoms with van der Waals surface area (Å²) in [6.07, 6.45) is 4.01. The molecule has 1 aliphatic carbocycles. The molecule has 0 unspecified atom stereocenters. The van der Waals surface area contributed by atoms with Crippen LogP contribution in [0.3, 0.4) is 0 Å². The molecule has 0 saturated heterocycles. The summed E-state index contributed by atoms with van der Waals surface area (Å²) in [6, 6.07) is 10.7. The zero-order chi connectivity index (χ0) is 24.9. The second-order valence-corrected chi connectivity index (χ2v) is 9.17. The third-order valence-electron chi connectivity index (χ3n) is 6.24. The van der Waals surface area contributed by atoms with E-state index in [0.717, 1.165) is 25.7 Å². The van der Waals surface area contributed by atoms with E-state index < -0.39 is 12.2 Å². The van der Waals surface area contributed by atoms with Gasteiger partial charge in [0.2, 0.25) is 5.91 Å². The number of anilines is 2. The van der Waals surface area contributed by atoms with Crippen molar-refractivity contribution in [2.24, 2.45) is 13.0 Å². The first-order chi connectivity index (χ1) is 16.8. The number of carbonyl (C=O) groups is 2. The van der Waals surface area contributed by atoms with Crippen LogP contribution in [-0.4, -0.2) is 32.0 Å². The smallest absolute Gasteiger partial charge is 0.413 e. The molecule has 1 aliphatic rings. The van der Waals surface area contributed by atoms with Crippen molar-refractivity contribution in [3.63, 3.8) is 0 Å². The van der Waals surface area contributed by atoms with Crippen molar-refractivity contribution in [2.75, 3.05) is 10.6 Å². The number of ether oxygens (including phenoxy) is 1. The van der Waals surface area contributed by atoms with Gasteiger partial charge in [-0.1, -0.05) is 54.3 Å². The van der Waals surface area contributed by atoms with Crippen molar-refractivity contribution in [2.45, 2.75) is 52.1 Å². The average molecular weight is 497 g/mol. The first-order valence-corrected chi connectivity index (χ1v) is 12.1. The van der Waals surface area contributed by atoms with Crippen molar-refractivity contribution < 1.29 is 14.3 Å². The molecule has 4 rings (SSSR count). The summed E-state index contributed by atoms with van der Waals surface area (Å²) >= 11 is 6.21. The Morgan fingerprint density at radius 2 is 1.86 bits per heavy atom. The number of halogens is 1. The fraction of sp³-hybridized carbons (Fsp3) is 0.400. The lowest BCUT2D eigenvalue weighted by molar-refractivity contribution is -0.120. The van der Waals surface area contributed by atoms with Crippen LogP contribution in [0.15, 0.2) is 36.4 Å². The maximum atomic E-state index is 12.6. The van der Waals surface area contributed by atoms with Crippen LogP contribution in [0, 0.1) is 12.8 Å². The van der Waals surface area contributed by atoms with Gasteiger partial charge in [0.25, 0.3) is 0 Å². The summed E-state index contributed by atoms with van der Waals surface area (Å²) in [5, 5.41) is 14.4. The first kappa shape index (κ1) is 24.7. The molecule has 9 nitrogen and oxygen atoms in total. The molecule has 1 atom stereocenters. The number of amides is 2. The molecule has 3 aromatic rings. The quantitative estimate of drug-likeness (QED) is 0.455. The highest BCUT2D eigenvalue weighted by Crippen LogP contribution is 2.29. The number of hydrogen-bond acceptors (Lipinski definition) is 6.